The summed E-state index contributed by atoms with van der Waals surface area (Å²) in [6, 6.07) is 0. The molecule has 0 amide bonds. The van der Waals surface area contributed by atoms with Gasteiger partial charge in [0.15, 0.2) is 0 Å². The molecule has 0 spiro atoms. The van der Waals surface area contributed by atoms with E-state index in [9.17, 15) is 0 Å². The summed E-state index contributed by atoms with van der Waals surface area (Å²) in [5.41, 5.74) is 0. The molecule has 6 heavy (non-hydrogen) atoms. The van der Waals surface area contributed by atoms with Crippen LogP contribution >= 0.6 is 0 Å². The Hall–Kier alpha value is 0.326. The quantitative estimate of drug-likeness (QED) is 0.294. The average Bonchev–Trinajstić information content (AvgIpc) is 2.12. The van der Waals surface area contributed by atoms with Gasteiger partial charge in [-0.15, -0.1) is 12.3 Å². The number of hydrogen-bond donors (Lipinski definition) is 0. The maximum atomic E-state index is 4.98. The molecule has 1 rings (SSSR count). The Kier molecular flexibility index (Phi) is 2.63. The van der Waals surface area contributed by atoms with Crippen LogP contribution in [0.25, 0.3) is 0 Å². The maximum Gasteiger partial charge on any atom is 0.316 e. The highest BCUT2D eigenvalue weighted by molar-refractivity contribution is 5.75. The molecular formula is C5H8Mg. The Morgan fingerprint density at radius 1 is 1.50 bits per heavy atom. The van der Waals surface area contributed by atoms with Crippen LogP contribution in [0, 0.1) is 18.3 Å². The van der Waals surface area contributed by atoms with Crippen molar-refractivity contribution in [1.82, 2.24) is 0 Å². The third-order valence-electron chi connectivity index (χ3n) is 0.813. The summed E-state index contributed by atoms with van der Waals surface area (Å²) in [4.78, 5) is 0. The first kappa shape index (κ1) is 6.33. The molecule has 0 N–H and O–H groups in total. The van der Waals surface area contributed by atoms with Crippen LogP contribution in [-0.4, -0.2) is 23.1 Å². The van der Waals surface area contributed by atoms with Gasteiger partial charge in [-0.1, -0.05) is 0 Å². The minimum absolute atomic E-state index is 0. The lowest BCUT2D eigenvalue weighted by atomic mass is 10.5. The third kappa shape index (κ3) is 1.69. The number of hydrogen-bond acceptors (Lipinski definition) is 0. The minimum Gasteiger partial charge on any atom is -0.120 e. The van der Waals surface area contributed by atoms with Gasteiger partial charge >= 0.3 is 23.1 Å². The van der Waals surface area contributed by atoms with E-state index >= 15 is 0 Å². The molecule has 0 radical (unpaired) electrons. The van der Waals surface area contributed by atoms with E-state index in [0.29, 0.717) is 5.92 Å². The predicted molar refractivity (Wildman–Crippen MR) is 30.1 cm³/mol. The van der Waals surface area contributed by atoms with Gasteiger partial charge in [-0.2, -0.15) is 0 Å². The van der Waals surface area contributed by atoms with Gasteiger partial charge in [0.1, 0.15) is 0 Å². The van der Waals surface area contributed by atoms with Crippen molar-refractivity contribution in [2.45, 2.75) is 12.8 Å². The predicted octanol–water partition coefficient (Wildman–Crippen LogP) is 0.113. The number of rotatable bonds is 0. The summed E-state index contributed by atoms with van der Waals surface area (Å²) in [7, 11) is 0. The highest BCUT2D eigenvalue weighted by Gasteiger charge is 2.16. The van der Waals surface area contributed by atoms with Crippen molar-refractivity contribution in [1.29, 1.82) is 0 Å². The molecule has 0 aromatic carbocycles. The van der Waals surface area contributed by atoms with Gasteiger partial charge in [0, 0.05) is 5.92 Å². The summed E-state index contributed by atoms with van der Waals surface area (Å²) in [6.07, 6.45) is 7.53. The Balaban J connectivity index is 0.000000250. The summed E-state index contributed by atoms with van der Waals surface area (Å²) >= 11 is 0. The van der Waals surface area contributed by atoms with E-state index in [-0.39, 0.29) is 23.1 Å². The van der Waals surface area contributed by atoms with Crippen LogP contribution in [0.3, 0.4) is 0 Å². The van der Waals surface area contributed by atoms with Crippen molar-refractivity contribution in [2.24, 2.45) is 5.92 Å². The van der Waals surface area contributed by atoms with Gasteiger partial charge in [0.25, 0.3) is 0 Å². The molecule has 0 saturated heterocycles. The lowest BCUT2D eigenvalue weighted by Crippen LogP contribution is -1.52. The average molecular weight is 92.4 g/mol. The number of terminal acetylenes is 1. The second kappa shape index (κ2) is 2.49. The molecular weight excluding hydrogens is 84.4 g/mol. The topological polar surface area (TPSA) is 0 Å². The zero-order valence-corrected chi connectivity index (χ0v) is 3.07. The Labute approximate surface area is 54.5 Å². The van der Waals surface area contributed by atoms with Gasteiger partial charge in [0.05, 0.1) is 0 Å². The van der Waals surface area contributed by atoms with Crippen molar-refractivity contribution in [3.63, 3.8) is 0 Å². The fourth-order valence-electron chi connectivity index (χ4n) is 0.250. The van der Waals surface area contributed by atoms with Gasteiger partial charge in [-0.25, -0.2) is 0 Å². The second-order valence-electron chi connectivity index (χ2n) is 1.44. The molecule has 0 unspecified atom stereocenters. The van der Waals surface area contributed by atoms with E-state index in [2.05, 4.69) is 5.92 Å². The molecule has 0 aromatic rings. The maximum absolute atomic E-state index is 4.98. The van der Waals surface area contributed by atoms with Gasteiger partial charge in [-0.05, 0) is 12.8 Å². The van der Waals surface area contributed by atoms with Crippen molar-refractivity contribution in [3.05, 3.63) is 0 Å². The van der Waals surface area contributed by atoms with Crippen LogP contribution in [0.4, 0.5) is 0 Å². The first-order valence-electron chi connectivity index (χ1n) is 1.89. The summed E-state index contributed by atoms with van der Waals surface area (Å²) in [5, 5.41) is 0. The third-order valence-corrected chi connectivity index (χ3v) is 0.813. The van der Waals surface area contributed by atoms with E-state index in [1.54, 1.807) is 0 Å². The van der Waals surface area contributed by atoms with Crippen LogP contribution in [0.15, 0.2) is 0 Å². The van der Waals surface area contributed by atoms with Crippen molar-refractivity contribution in [3.8, 4) is 12.3 Å². The van der Waals surface area contributed by atoms with Gasteiger partial charge < -0.3 is 0 Å². The fourth-order valence-corrected chi connectivity index (χ4v) is 0.250. The fraction of sp³-hybridized carbons (Fsp3) is 0.600. The smallest absolute Gasteiger partial charge is 0.120 e. The highest BCUT2D eigenvalue weighted by atomic mass is 24.3. The lowest BCUT2D eigenvalue weighted by molar-refractivity contribution is 1.18. The van der Waals surface area contributed by atoms with Gasteiger partial charge in [-0.3, -0.25) is 0 Å². The molecule has 0 bridgehead atoms. The lowest BCUT2D eigenvalue weighted by Gasteiger charge is -1.57. The van der Waals surface area contributed by atoms with Crippen LogP contribution in [0.1, 0.15) is 12.8 Å². The largest absolute Gasteiger partial charge is 0.316 e. The van der Waals surface area contributed by atoms with Crippen LogP contribution in [0.5, 0.6) is 0 Å². The molecule has 1 saturated carbocycles. The van der Waals surface area contributed by atoms with Gasteiger partial charge in [0.2, 0.25) is 0 Å². The molecule has 0 nitrogen and oxygen atoms in total. The molecule has 0 heterocycles. The molecule has 1 heteroatoms. The molecule has 0 atom stereocenters. The standard InChI is InChI=1S/C5H6.Mg.2H/c1-2-5-3-4-5;;;/h1,5H,3-4H2;;;. The minimum atomic E-state index is 0. The van der Waals surface area contributed by atoms with Crippen molar-refractivity contribution in [2.75, 3.05) is 0 Å². The normalized spacial score (nSPS) is 17.8. The highest BCUT2D eigenvalue weighted by Crippen LogP contribution is 2.26. The van der Waals surface area contributed by atoms with Crippen LogP contribution in [0.2, 0.25) is 0 Å². The molecule has 0 aliphatic heterocycles. The summed E-state index contributed by atoms with van der Waals surface area (Å²) < 4.78 is 0. The Morgan fingerprint density at radius 2 is 2.00 bits per heavy atom. The van der Waals surface area contributed by atoms with Crippen LogP contribution in [-0.2, 0) is 0 Å². The molecule has 1 aliphatic carbocycles. The SMILES string of the molecule is C#CC1CC1.[MgH2]. The van der Waals surface area contributed by atoms with E-state index < -0.39 is 0 Å². The van der Waals surface area contributed by atoms with E-state index in [1.807, 2.05) is 0 Å². The monoisotopic (exact) mass is 92.0 g/mol. The molecule has 1 fully saturated rings. The molecule has 30 valence electrons. The van der Waals surface area contributed by atoms with E-state index in [4.69, 9.17) is 6.42 Å². The summed E-state index contributed by atoms with van der Waals surface area (Å²) in [6.45, 7) is 0. The Morgan fingerprint density at radius 3 is 2.00 bits per heavy atom. The molecule has 1 aliphatic rings. The van der Waals surface area contributed by atoms with Crippen LogP contribution < -0.4 is 0 Å². The first-order valence-corrected chi connectivity index (χ1v) is 1.89. The second-order valence-corrected chi connectivity index (χ2v) is 1.44. The van der Waals surface area contributed by atoms with Crippen molar-refractivity contribution >= 4 is 23.1 Å². The first-order chi connectivity index (χ1) is 2.43. The zero-order valence-electron chi connectivity index (χ0n) is 3.07. The Bertz CT molecular complexity index is 66.5. The van der Waals surface area contributed by atoms with E-state index in [1.165, 1.54) is 12.8 Å². The summed E-state index contributed by atoms with van der Waals surface area (Å²) in [5.74, 6) is 3.30. The molecule has 0 aromatic heterocycles. The van der Waals surface area contributed by atoms with Crippen molar-refractivity contribution < 1.29 is 0 Å². The zero-order chi connectivity index (χ0) is 3.70. The van der Waals surface area contributed by atoms with E-state index in [0.717, 1.165) is 0 Å².